The molecule has 0 heteroatoms. The van der Waals surface area contributed by atoms with Gasteiger partial charge < -0.3 is 0 Å². The van der Waals surface area contributed by atoms with Gasteiger partial charge in [0.1, 0.15) is 0 Å². The van der Waals surface area contributed by atoms with E-state index < -0.39 is 0 Å². The summed E-state index contributed by atoms with van der Waals surface area (Å²) in [5.41, 5.74) is 3.43. The van der Waals surface area contributed by atoms with E-state index in [0.29, 0.717) is 0 Å². The first kappa shape index (κ1) is 13.4. The van der Waals surface area contributed by atoms with E-state index in [1.165, 1.54) is 11.1 Å². The zero-order valence-corrected chi connectivity index (χ0v) is 9.96. The molecule has 0 aliphatic carbocycles. The normalized spacial score (nSPS) is 12.1. The van der Waals surface area contributed by atoms with Crippen LogP contribution in [0.5, 0.6) is 0 Å². The summed E-state index contributed by atoms with van der Waals surface area (Å²) in [4.78, 5) is 0. The van der Waals surface area contributed by atoms with E-state index in [0.717, 1.165) is 5.57 Å². The van der Waals surface area contributed by atoms with E-state index in [1.54, 1.807) is 6.08 Å². The minimum atomic E-state index is 0.923. The molecule has 0 N–H and O–H groups in total. The highest BCUT2D eigenvalue weighted by Gasteiger charge is 1.78. The third kappa shape index (κ3) is 8.76. The molecule has 0 unspecified atom stereocenters. The van der Waals surface area contributed by atoms with Gasteiger partial charge >= 0.3 is 0 Å². The number of hydrogen-bond acceptors (Lipinski definition) is 0. The highest BCUT2D eigenvalue weighted by Crippen LogP contribution is 1.99. The molecule has 0 radical (unpaired) electrons. The summed E-state index contributed by atoms with van der Waals surface area (Å²) in [6.45, 7) is 13.7. The van der Waals surface area contributed by atoms with Crippen LogP contribution >= 0.6 is 0 Å². The van der Waals surface area contributed by atoms with Gasteiger partial charge in [-0.1, -0.05) is 66.8 Å². The van der Waals surface area contributed by atoms with Crippen molar-refractivity contribution in [1.82, 2.24) is 0 Å². The Morgan fingerprint density at radius 2 is 1.53 bits per heavy atom. The molecule has 0 aliphatic rings. The molecule has 0 heterocycles. The molecular weight excluding hydrogens is 180 g/mol. The van der Waals surface area contributed by atoms with Gasteiger partial charge in [-0.2, -0.15) is 0 Å². The Morgan fingerprint density at radius 1 is 0.933 bits per heavy atom. The lowest BCUT2D eigenvalue weighted by molar-refractivity contribution is 1.39. The maximum Gasteiger partial charge on any atom is -0.0335 e. The third-order valence-electron chi connectivity index (χ3n) is 1.72. The highest BCUT2D eigenvalue weighted by molar-refractivity contribution is 5.31. The fraction of sp³-hybridized carbons (Fsp3) is 0.200. The first-order chi connectivity index (χ1) is 7.06. The fourth-order valence-corrected chi connectivity index (χ4v) is 0.839. The first-order valence-corrected chi connectivity index (χ1v) is 5.04. The Kier molecular flexibility index (Phi) is 7.00. The number of allylic oxidation sites excluding steroid dienone is 10. The fourth-order valence-electron chi connectivity index (χ4n) is 0.839. The van der Waals surface area contributed by atoms with E-state index in [4.69, 9.17) is 0 Å². The zero-order valence-electron chi connectivity index (χ0n) is 9.96. The van der Waals surface area contributed by atoms with Crippen molar-refractivity contribution in [1.29, 1.82) is 0 Å². The van der Waals surface area contributed by atoms with Crippen LogP contribution in [0.15, 0.2) is 72.4 Å². The zero-order chi connectivity index (χ0) is 11.7. The van der Waals surface area contributed by atoms with Crippen molar-refractivity contribution in [3.63, 3.8) is 0 Å². The second-order valence-electron chi connectivity index (χ2n) is 3.65. The van der Waals surface area contributed by atoms with Crippen LogP contribution in [0.2, 0.25) is 0 Å². The lowest BCUT2D eigenvalue weighted by Crippen LogP contribution is -1.67. The second-order valence-corrected chi connectivity index (χ2v) is 3.65. The van der Waals surface area contributed by atoms with E-state index in [2.05, 4.69) is 52.2 Å². The molecule has 0 saturated carbocycles. The Balaban J connectivity index is 4.27. The average Bonchev–Trinajstić information content (AvgIpc) is 2.17. The summed E-state index contributed by atoms with van der Waals surface area (Å²) in [5, 5.41) is 0. The van der Waals surface area contributed by atoms with E-state index >= 15 is 0 Å². The summed E-state index contributed by atoms with van der Waals surface area (Å²) in [7, 11) is 0. The SMILES string of the molecule is C=CC(=C)/C=C/C=C(C)/C=C/C=C(C)C. The minimum Gasteiger partial charge on any atom is -0.0985 e. The van der Waals surface area contributed by atoms with Crippen LogP contribution in [0.1, 0.15) is 20.8 Å². The van der Waals surface area contributed by atoms with Crippen molar-refractivity contribution in [2.75, 3.05) is 0 Å². The van der Waals surface area contributed by atoms with Crippen molar-refractivity contribution in [3.05, 3.63) is 72.4 Å². The van der Waals surface area contributed by atoms with Gasteiger partial charge in [0.05, 0.1) is 0 Å². The maximum atomic E-state index is 3.79. The van der Waals surface area contributed by atoms with Crippen LogP contribution in [-0.2, 0) is 0 Å². The summed E-state index contributed by atoms with van der Waals surface area (Å²) < 4.78 is 0. The van der Waals surface area contributed by atoms with Crippen molar-refractivity contribution >= 4 is 0 Å². The lowest BCUT2D eigenvalue weighted by Gasteiger charge is -1.88. The molecular formula is C15H20. The molecule has 0 spiro atoms. The molecule has 0 aromatic rings. The molecule has 80 valence electrons. The summed E-state index contributed by atoms with van der Waals surface area (Å²) in [5.74, 6) is 0. The molecule has 0 aliphatic heterocycles. The standard InChI is InChI=1S/C15H20/c1-6-14(4)10-8-12-15(5)11-7-9-13(2)3/h6-12H,1,4H2,2-3,5H3/b10-8+,11-7+,15-12+. The van der Waals surface area contributed by atoms with Crippen molar-refractivity contribution < 1.29 is 0 Å². The molecule has 0 atom stereocenters. The predicted octanol–water partition coefficient (Wildman–Crippen LogP) is 4.75. The molecule has 0 rings (SSSR count). The Hall–Kier alpha value is -1.56. The van der Waals surface area contributed by atoms with Crippen molar-refractivity contribution in [3.8, 4) is 0 Å². The predicted molar refractivity (Wildman–Crippen MR) is 70.8 cm³/mol. The van der Waals surface area contributed by atoms with Crippen LogP contribution in [0.4, 0.5) is 0 Å². The monoisotopic (exact) mass is 200 g/mol. The van der Waals surface area contributed by atoms with Crippen LogP contribution in [0.3, 0.4) is 0 Å². The van der Waals surface area contributed by atoms with Crippen molar-refractivity contribution in [2.24, 2.45) is 0 Å². The van der Waals surface area contributed by atoms with Crippen LogP contribution in [0, 0.1) is 0 Å². The van der Waals surface area contributed by atoms with Crippen LogP contribution in [0.25, 0.3) is 0 Å². The Bertz CT molecular complexity index is 329. The molecule has 0 aromatic carbocycles. The Labute approximate surface area is 93.7 Å². The largest absolute Gasteiger partial charge is 0.0985 e. The molecule has 0 bridgehead atoms. The van der Waals surface area contributed by atoms with Gasteiger partial charge in [-0.05, 0) is 26.3 Å². The quantitative estimate of drug-likeness (QED) is 0.562. The smallest absolute Gasteiger partial charge is 0.0335 e. The van der Waals surface area contributed by atoms with Crippen molar-refractivity contribution in [2.45, 2.75) is 20.8 Å². The summed E-state index contributed by atoms with van der Waals surface area (Å²) >= 11 is 0. The van der Waals surface area contributed by atoms with E-state index in [-0.39, 0.29) is 0 Å². The van der Waals surface area contributed by atoms with Gasteiger partial charge in [0.25, 0.3) is 0 Å². The minimum absolute atomic E-state index is 0.923. The Morgan fingerprint density at radius 3 is 2.07 bits per heavy atom. The van der Waals surface area contributed by atoms with E-state index in [9.17, 15) is 0 Å². The molecule has 0 nitrogen and oxygen atoms in total. The van der Waals surface area contributed by atoms with Gasteiger partial charge in [0.2, 0.25) is 0 Å². The first-order valence-electron chi connectivity index (χ1n) is 5.04. The van der Waals surface area contributed by atoms with Crippen LogP contribution < -0.4 is 0 Å². The molecule has 0 fully saturated rings. The molecule has 15 heavy (non-hydrogen) atoms. The summed E-state index contributed by atoms with van der Waals surface area (Å²) in [6.07, 6.45) is 13.9. The summed E-state index contributed by atoms with van der Waals surface area (Å²) in [6, 6.07) is 0. The van der Waals surface area contributed by atoms with Gasteiger partial charge in [0.15, 0.2) is 0 Å². The average molecular weight is 200 g/mol. The van der Waals surface area contributed by atoms with Gasteiger partial charge in [-0.3, -0.25) is 0 Å². The third-order valence-corrected chi connectivity index (χ3v) is 1.72. The van der Waals surface area contributed by atoms with Crippen LogP contribution in [-0.4, -0.2) is 0 Å². The lowest BCUT2D eigenvalue weighted by atomic mass is 10.2. The van der Waals surface area contributed by atoms with E-state index in [1.807, 2.05) is 18.2 Å². The van der Waals surface area contributed by atoms with Gasteiger partial charge in [-0.25, -0.2) is 0 Å². The maximum absolute atomic E-state index is 3.79. The second kappa shape index (κ2) is 7.81. The molecule has 0 amide bonds. The molecule has 0 aromatic heterocycles. The number of rotatable bonds is 5. The number of hydrogen-bond donors (Lipinski definition) is 0. The molecule has 0 saturated heterocycles. The highest BCUT2D eigenvalue weighted by atomic mass is 13.9. The van der Waals surface area contributed by atoms with Gasteiger partial charge in [0, 0.05) is 0 Å². The topological polar surface area (TPSA) is 0 Å². The van der Waals surface area contributed by atoms with Gasteiger partial charge in [-0.15, -0.1) is 0 Å².